The molecule has 0 aromatic carbocycles. The van der Waals surface area contributed by atoms with Gasteiger partial charge in [-0.25, -0.2) is 13.1 Å². The molecule has 0 radical (unpaired) electrons. The number of ether oxygens (including phenoxy) is 1. The van der Waals surface area contributed by atoms with Gasteiger partial charge in [0.05, 0.1) is 12.9 Å². The maximum Gasteiger partial charge on any atom is 0.305 e. The van der Waals surface area contributed by atoms with E-state index in [1.807, 2.05) is 0 Å². The number of esters is 1. The predicted octanol–water partition coefficient (Wildman–Crippen LogP) is 0.272. The molecule has 0 aromatic heterocycles. The fraction of sp³-hybridized carbons (Fsp3) is 0.700. The number of carbonyl (C=O) groups excluding carboxylic acids is 1. The van der Waals surface area contributed by atoms with Gasteiger partial charge in [-0.15, -0.1) is 12.3 Å². The van der Waals surface area contributed by atoms with E-state index in [1.54, 1.807) is 0 Å². The van der Waals surface area contributed by atoms with E-state index in [0.717, 1.165) is 0 Å². The normalized spacial score (nSPS) is 10.8. The van der Waals surface area contributed by atoms with Gasteiger partial charge in [0, 0.05) is 19.4 Å². The molecule has 1 N–H and O–H groups in total. The van der Waals surface area contributed by atoms with Crippen LogP contribution < -0.4 is 4.72 Å². The minimum Gasteiger partial charge on any atom is -0.469 e. The van der Waals surface area contributed by atoms with Crippen LogP contribution in [0, 0.1) is 12.3 Å². The monoisotopic (exact) mass is 247 g/mol. The number of terminal acetylenes is 1. The SMILES string of the molecule is C#CCCCNS(=O)(=O)CCCC(=O)OC. The highest BCUT2D eigenvalue weighted by atomic mass is 32.2. The zero-order valence-electron chi connectivity index (χ0n) is 9.36. The highest BCUT2D eigenvalue weighted by Crippen LogP contribution is 1.97. The van der Waals surface area contributed by atoms with E-state index < -0.39 is 16.0 Å². The first-order valence-electron chi connectivity index (χ1n) is 4.99. The zero-order chi connectivity index (χ0) is 12.4. The highest BCUT2D eigenvalue weighted by Gasteiger charge is 2.10. The fourth-order valence-corrected chi connectivity index (χ4v) is 2.12. The molecule has 0 saturated heterocycles. The second kappa shape index (κ2) is 8.13. The molecule has 0 rings (SSSR count). The second-order valence-electron chi connectivity index (χ2n) is 3.20. The molecule has 0 unspecified atom stereocenters. The molecule has 0 saturated carbocycles. The summed E-state index contributed by atoms with van der Waals surface area (Å²) in [6, 6.07) is 0. The summed E-state index contributed by atoms with van der Waals surface area (Å²) in [6.45, 7) is 0.338. The van der Waals surface area contributed by atoms with E-state index >= 15 is 0 Å². The Morgan fingerprint density at radius 2 is 2.12 bits per heavy atom. The number of unbranched alkanes of at least 4 members (excludes halogenated alkanes) is 1. The van der Waals surface area contributed by atoms with Gasteiger partial charge in [-0.05, 0) is 12.8 Å². The standard InChI is InChI=1S/C10H17NO4S/c1-3-4-5-8-11-16(13,14)9-6-7-10(12)15-2/h1,11H,4-9H2,2H3. The summed E-state index contributed by atoms with van der Waals surface area (Å²) in [5.41, 5.74) is 0. The van der Waals surface area contributed by atoms with Crippen molar-refractivity contribution in [2.24, 2.45) is 0 Å². The van der Waals surface area contributed by atoms with Crippen molar-refractivity contribution in [2.75, 3.05) is 19.4 Å². The lowest BCUT2D eigenvalue weighted by Crippen LogP contribution is -2.27. The predicted molar refractivity (Wildman–Crippen MR) is 61.1 cm³/mol. The summed E-state index contributed by atoms with van der Waals surface area (Å²) in [7, 11) is -2.02. The highest BCUT2D eigenvalue weighted by molar-refractivity contribution is 7.89. The van der Waals surface area contributed by atoms with Crippen molar-refractivity contribution < 1.29 is 17.9 Å². The maximum atomic E-state index is 11.3. The minimum absolute atomic E-state index is 0.0713. The van der Waals surface area contributed by atoms with Crippen LogP contribution in [-0.4, -0.2) is 33.8 Å². The molecular weight excluding hydrogens is 230 g/mol. The summed E-state index contributed by atoms with van der Waals surface area (Å²) in [5, 5.41) is 0. The number of rotatable bonds is 8. The first kappa shape index (κ1) is 14.9. The molecule has 5 nitrogen and oxygen atoms in total. The van der Waals surface area contributed by atoms with Gasteiger partial charge in [-0.1, -0.05) is 0 Å². The third kappa shape index (κ3) is 8.26. The third-order valence-corrected chi connectivity index (χ3v) is 3.31. The molecule has 0 aliphatic rings. The minimum atomic E-state index is -3.29. The van der Waals surface area contributed by atoms with Crippen molar-refractivity contribution in [1.82, 2.24) is 4.72 Å². The van der Waals surface area contributed by atoms with Gasteiger partial charge < -0.3 is 4.74 Å². The van der Waals surface area contributed by atoms with Crippen LogP contribution in [0.15, 0.2) is 0 Å². The number of nitrogens with one attached hydrogen (secondary N) is 1. The van der Waals surface area contributed by atoms with Gasteiger partial charge in [-0.3, -0.25) is 4.79 Å². The molecule has 0 bridgehead atoms. The first-order chi connectivity index (χ1) is 7.52. The molecule has 0 aliphatic heterocycles. The van der Waals surface area contributed by atoms with E-state index in [1.165, 1.54) is 7.11 Å². The maximum absolute atomic E-state index is 11.3. The quantitative estimate of drug-likeness (QED) is 0.380. The molecule has 16 heavy (non-hydrogen) atoms. The molecule has 6 heteroatoms. The van der Waals surface area contributed by atoms with Crippen LogP contribution in [0.4, 0.5) is 0 Å². The van der Waals surface area contributed by atoms with Gasteiger partial charge in [-0.2, -0.15) is 0 Å². The summed E-state index contributed by atoms with van der Waals surface area (Å²) in [6.07, 6.45) is 6.57. The van der Waals surface area contributed by atoms with Crippen LogP contribution in [0.2, 0.25) is 0 Å². The zero-order valence-corrected chi connectivity index (χ0v) is 10.2. The molecular formula is C10H17NO4S. The Kier molecular flexibility index (Phi) is 7.60. The van der Waals surface area contributed by atoms with E-state index in [0.29, 0.717) is 19.4 Å². The molecule has 92 valence electrons. The van der Waals surface area contributed by atoms with Gasteiger partial charge in [0.15, 0.2) is 0 Å². The first-order valence-corrected chi connectivity index (χ1v) is 6.64. The largest absolute Gasteiger partial charge is 0.469 e. The summed E-state index contributed by atoms with van der Waals surface area (Å²) in [5.74, 6) is 1.95. The lowest BCUT2D eigenvalue weighted by Gasteiger charge is -2.04. The summed E-state index contributed by atoms with van der Waals surface area (Å²) in [4.78, 5) is 10.7. The topological polar surface area (TPSA) is 72.5 Å². The fourth-order valence-electron chi connectivity index (χ4n) is 0.999. The van der Waals surface area contributed by atoms with Crippen LogP contribution in [0.25, 0.3) is 0 Å². The molecule has 0 heterocycles. The Morgan fingerprint density at radius 3 is 2.69 bits per heavy atom. The van der Waals surface area contributed by atoms with E-state index in [4.69, 9.17) is 6.42 Å². The van der Waals surface area contributed by atoms with E-state index in [-0.39, 0.29) is 18.6 Å². The van der Waals surface area contributed by atoms with Crippen molar-refractivity contribution in [2.45, 2.75) is 25.7 Å². The van der Waals surface area contributed by atoms with E-state index in [2.05, 4.69) is 15.4 Å². The van der Waals surface area contributed by atoms with Crippen molar-refractivity contribution in [3.05, 3.63) is 0 Å². The molecule has 0 aliphatic carbocycles. The summed E-state index contributed by atoms with van der Waals surface area (Å²) >= 11 is 0. The Morgan fingerprint density at radius 1 is 1.44 bits per heavy atom. The number of hydrogen-bond acceptors (Lipinski definition) is 4. The van der Waals surface area contributed by atoms with Crippen molar-refractivity contribution in [1.29, 1.82) is 0 Å². The van der Waals surface area contributed by atoms with Crippen LogP contribution in [0.1, 0.15) is 25.7 Å². The van der Waals surface area contributed by atoms with Crippen LogP contribution in [0.5, 0.6) is 0 Å². The third-order valence-electron chi connectivity index (χ3n) is 1.84. The van der Waals surface area contributed by atoms with Gasteiger partial charge in [0.25, 0.3) is 0 Å². The molecule has 0 amide bonds. The second-order valence-corrected chi connectivity index (χ2v) is 5.13. The van der Waals surface area contributed by atoms with Crippen molar-refractivity contribution in [3.8, 4) is 12.3 Å². The smallest absolute Gasteiger partial charge is 0.305 e. The Balaban J connectivity index is 3.71. The summed E-state index contributed by atoms with van der Waals surface area (Å²) < 4.78 is 29.5. The number of hydrogen-bond donors (Lipinski definition) is 1. The van der Waals surface area contributed by atoms with Crippen LogP contribution in [-0.2, 0) is 19.6 Å². The number of sulfonamides is 1. The van der Waals surface area contributed by atoms with Gasteiger partial charge >= 0.3 is 5.97 Å². The van der Waals surface area contributed by atoms with Gasteiger partial charge in [0.1, 0.15) is 0 Å². The van der Waals surface area contributed by atoms with Crippen LogP contribution in [0.3, 0.4) is 0 Å². The molecule has 0 aromatic rings. The van der Waals surface area contributed by atoms with Crippen LogP contribution >= 0.6 is 0 Å². The molecule has 0 atom stereocenters. The Labute approximate surface area is 96.6 Å². The molecule has 0 spiro atoms. The molecule has 0 fully saturated rings. The average Bonchev–Trinajstić information content (AvgIpc) is 2.24. The Bertz CT molecular complexity index is 342. The van der Waals surface area contributed by atoms with Gasteiger partial charge in [0.2, 0.25) is 10.0 Å². The van der Waals surface area contributed by atoms with Crippen molar-refractivity contribution >= 4 is 16.0 Å². The average molecular weight is 247 g/mol. The number of carbonyl (C=O) groups is 1. The lowest BCUT2D eigenvalue weighted by molar-refractivity contribution is -0.140. The number of methoxy groups -OCH3 is 1. The lowest BCUT2D eigenvalue weighted by atomic mass is 10.3. The van der Waals surface area contributed by atoms with Crippen molar-refractivity contribution in [3.63, 3.8) is 0 Å². The Hall–Kier alpha value is -1.06. The van der Waals surface area contributed by atoms with E-state index in [9.17, 15) is 13.2 Å².